The number of aliphatic hydroxyl groups is 1. The number of rotatable bonds is 6. The van der Waals surface area contributed by atoms with Crippen molar-refractivity contribution >= 4 is 33.2 Å². The Morgan fingerprint density at radius 2 is 1.96 bits per heavy atom. The fourth-order valence-electron chi connectivity index (χ4n) is 2.78. The minimum absolute atomic E-state index is 0.0756. The van der Waals surface area contributed by atoms with Gasteiger partial charge in [0.15, 0.2) is 0 Å². The van der Waals surface area contributed by atoms with Crippen LogP contribution in [-0.2, 0) is 10.0 Å². The van der Waals surface area contributed by atoms with Crippen molar-refractivity contribution in [2.45, 2.75) is 29.9 Å². The monoisotopic (exact) mass is 428 g/mol. The van der Waals surface area contributed by atoms with Crippen LogP contribution in [0, 0.1) is 5.82 Å². The maximum absolute atomic E-state index is 13.9. The van der Waals surface area contributed by atoms with Crippen LogP contribution < -0.4 is 14.8 Å². The van der Waals surface area contributed by atoms with E-state index >= 15 is 0 Å². The Hall–Kier alpha value is -2.20. The molecule has 0 aliphatic heterocycles. The molecule has 0 atom stereocenters. The minimum Gasteiger partial charge on any atom is -0.496 e. The summed E-state index contributed by atoms with van der Waals surface area (Å²) in [6, 6.07) is 7.20. The number of sulfonamides is 1. The standard InChI is InChI=1S/C18H18ClFN2O5S/c1-27-17-5-3-13(28(25,26)22-11-7-12(23)8-11)9-14(17)18(24)21-16-4-2-10(19)6-15(16)20/h2-6,9,11-12,22-23H,7-8H2,1H3,(H,21,24)/t11-,12+. The van der Waals surface area contributed by atoms with Crippen molar-refractivity contribution in [2.24, 2.45) is 0 Å². The number of ether oxygens (including phenoxy) is 1. The Balaban J connectivity index is 1.87. The highest BCUT2D eigenvalue weighted by atomic mass is 35.5. The van der Waals surface area contributed by atoms with Gasteiger partial charge in [0.25, 0.3) is 5.91 Å². The zero-order chi connectivity index (χ0) is 20.5. The Labute approximate surface area is 166 Å². The van der Waals surface area contributed by atoms with Crippen LogP contribution in [0.2, 0.25) is 5.02 Å². The molecule has 150 valence electrons. The lowest BCUT2D eigenvalue weighted by Gasteiger charge is -2.31. The van der Waals surface area contributed by atoms with Crippen molar-refractivity contribution < 1.29 is 27.4 Å². The van der Waals surface area contributed by atoms with E-state index < -0.39 is 27.9 Å². The van der Waals surface area contributed by atoms with Gasteiger partial charge in [0.2, 0.25) is 10.0 Å². The number of halogens is 2. The smallest absolute Gasteiger partial charge is 0.259 e. The van der Waals surface area contributed by atoms with Gasteiger partial charge >= 0.3 is 0 Å². The van der Waals surface area contributed by atoms with Crippen LogP contribution in [0.1, 0.15) is 23.2 Å². The molecule has 0 spiro atoms. The highest BCUT2D eigenvalue weighted by molar-refractivity contribution is 7.89. The first-order chi connectivity index (χ1) is 13.2. The Kier molecular flexibility index (Phi) is 5.90. The molecule has 10 heteroatoms. The lowest BCUT2D eigenvalue weighted by atomic mass is 9.91. The first-order valence-corrected chi connectivity index (χ1v) is 10.2. The lowest BCUT2D eigenvalue weighted by molar-refractivity contribution is 0.0712. The second kappa shape index (κ2) is 8.04. The molecule has 7 nitrogen and oxygen atoms in total. The van der Waals surface area contributed by atoms with Gasteiger partial charge in [-0.05, 0) is 49.2 Å². The van der Waals surface area contributed by atoms with E-state index in [9.17, 15) is 22.7 Å². The molecule has 0 unspecified atom stereocenters. The van der Waals surface area contributed by atoms with Gasteiger partial charge < -0.3 is 15.2 Å². The van der Waals surface area contributed by atoms with Crippen molar-refractivity contribution in [3.8, 4) is 5.75 Å². The van der Waals surface area contributed by atoms with E-state index in [1.165, 1.54) is 31.4 Å². The minimum atomic E-state index is -3.90. The highest BCUT2D eigenvalue weighted by Gasteiger charge is 2.31. The maximum atomic E-state index is 13.9. The van der Waals surface area contributed by atoms with Crippen LogP contribution in [0.15, 0.2) is 41.3 Å². The molecule has 2 aromatic carbocycles. The van der Waals surface area contributed by atoms with E-state index in [4.69, 9.17) is 16.3 Å². The molecule has 1 amide bonds. The zero-order valence-electron chi connectivity index (χ0n) is 14.8. The Morgan fingerprint density at radius 1 is 1.25 bits per heavy atom. The number of methoxy groups -OCH3 is 1. The molecule has 3 rings (SSSR count). The number of nitrogens with one attached hydrogen (secondary N) is 2. The summed E-state index contributed by atoms with van der Waals surface area (Å²) in [5.41, 5.74) is -0.181. The topological polar surface area (TPSA) is 105 Å². The first-order valence-electron chi connectivity index (χ1n) is 8.34. The second-order valence-electron chi connectivity index (χ2n) is 6.38. The number of aliphatic hydroxyl groups excluding tert-OH is 1. The Morgan fingerprint density at radius 3 is 2.57 bits per heavy atom. The van der Waals surface area contributed by atoms with Crippen LogP contribution in [0.3, 0.4) is 0 Å². The SMILES string of the molecule is COc1ccc(S(=O)(=O)N[C@H]2C[C@@H](O)C2)cc1C(=O)Nc1ccc(Cl)cc1F. The number of anilines is 1. The molecule has 0 aromatic heterocycles. The summed E-state index contributed by atoms with van der Waals surface area (Å²) in [5, 5.41) is 11.9. The van der Waals surface area contributed by atoms with Gasteiger partial charge in [-0.3, -0.25) is 4.79 Å². The summed E-state index contributed by atoms with van der Waals surface area (Å²) < 4.78 is 46.6. The van der Waals surface area contributed by atoms with Gasteiger partial charge in [0, 0.05) is 11.1 Å². The predicted molar refractivity (Wildman–Crippen MR) is 102 cm³/mol. The zero-order valence-corrected chi connectivity index (χ0v) is 16.3. The molecule has 0 saturated heterocycles. The average Bonchev–Trinajstić information content (AvgIpc) is 2.62. The van der Waals surface area contributed by atoms with E-state index in [1.54, 1.807) is 0 Å². The molecule has 0 bridgehead atoms. The summed E-state index contributed by atoms with van der Waals surface area (Å²) in [6.07, 6.45) is 0.149. The van der Waals surface area contributed by atoms with Crippen molar-refractivity contribution in [2.75, 3.05) is 12.4 Å². The number of benzene rings is 2. The molecule has 1 saturated carbocycles. The largest absolute Gasteiger partial charge is 0.496 e. The predicted octanol–water partition coefficient (Wildman–Crippen LogP) is 2.54. The van der Waals surface area contributed by atoms with Gasteiger partial charge in [-0.1, -0.05) is 11.6 Å². The molecule has 2 aromatic rings. The molecule has 0 radical (unpaired) electrons. The molecule has 28 heavy (non-hydrogen) atoms. The molecule has 1 aliphatic carbocycles. The van der Waals surface area contributed by atoms with E-state index in [-0.39, 0.29) is 33.0 Å². The summed E-state index contributed by atoms with van der Waals surface area (Å²) in [7, 11) is -2.57. The van der Waals surface area contributed by atoms with Gasteiger partial charge in [0.05, 0.1) is 29.4 Å². The molecular weight excluding hydrogens is 411 g/mol. The molecule has 0 heterocycles. The lowest BCUT2D eigenvalue weighted by Crippen LogP contribution is -2.46. The number of carbonyl (C=O) groups excluding carboxylic acids is 1. The summed E-state index contributed by atoms with van der Waals surface area (Å²) in [5.74, 6) is -1.34. The number of amides is 1. The third-order valence-corrected chi connectivity index (χ3v) is 6.09. The van der Waals surface area contributed by atoms with Crippen LogP contribution in [0.25, 0.3) is 0 Å². The normalized spacial score (nSPS) is 19.0. The molecule has 1 aliphatic rings. The fraction of sp³-hybridized carbons (Fsp3) is 0.278. The third-order valence-electron chi connectivity index (χ3n) is 4.34. The second-order valence-corrected chi connectivity index (χ2v) is 8.53. The Bertz CT molecular complexity index is 1010. The number of hydrogen-bond acceptors (Lipinski definition) is 5. The average molecular weight is 429 g/mol. The van der Waals surface area contributed by atoms with E-state index in [0.717, 1.165) is 12.1 Å². The van der Waals surface area contributed by atoms with E-state index in [2.05, 4.69) is 10.0 Å². The maximum Gasteiger partial charge on any atom is 0.259 e. The van der Waals surface area contributed by atoms with Crippen molar-refractivity contribution in [3.63, 3.8) is 0 Å². The van der Waals surface area contributed by atoms with E-state index in [0.29, 0.717) is 12.8 Å². The highest BCUT2D eigenvalue weighted by Crippen LogP contribution is 2.27. The third kappa shape index (κ3) is 4.44. The first kappa shape index (κ1) is 20.5. The summed E-state index contributed by atoms with van der Waals surface area (Å²) in [4.78, 5) is 12.5. The summed E-state index contributed by atoms with van der Waals surface area (Å²) in [6.45, 7) is 0. The van der Waals surface area contributed by atoms with Crippen molar-refractivity contribution in [3.05, 3.63) is 52.8 Å². The quantitative estimate of drug-likeness (QED) is 0.655. The van der Waals surface area contributed by atoms with Crippen LogP contribution in [-0.4, -0.2) is 38.7 Å². The van der Waals surface area contributed by atoms with Gasteiger partial charge in [-0.15, -0.1) is 0 Å². The van der Waals surface area contributed by atoms with Gasteiger partial charge in [-0.2, -0.15) is 0 Å². The van der Waals surface area contributed by atoms with Gasteiger partial charge in [0.1, 0.15) is 11.6 Å². The van der Waals surface area contributed by atoms with Crippen molar-refractivity contribution in [1.29, 1.82) is 0 Å². The molecule has 3 N–H and O–H groups in total. The molecular formula is C18H18ClFN2O5S. The van der Waals surface area contributed by atoms with E-state index in [1.807, 2.05) is 0 Å². The van der Waals surface area contributed by atoms with Crippen molar-refractivity contribution in [1.82, 2.24) is 4.72 Å². The molecule has 1 fully saturated rings. The van der Waals surface area contributed by atoms with Crippen LogP contribution >= 0.6 is 11.6 Å². The fourth-order valence-corrected chi connectivity index (χ4v) is 4.23. The van der Waals surface area contributed by atoms with Crippen LogP contribution in [0.5, 0.6) is 5.75 Å². The number of carbonyl (C=O) groups is 1. The van der Waals surface area contributed by atoms with Crippen LogP contribution in [0.4, 0.5) is 10.1 Å². The summed E-state index contributed by atoms with van der Waals surface area (Å²) >= 11 is 5.69. The number of hydrogen-bond donors (Lipinski definition) is 3. The van der Waals surface area contributed by atoms with Gasteiger partial charge in [-0.25, -0.2) is 17.5 Å².